The van der Waals surface area contributed by atoms with Crippen molar-refractivity contribution in [3.05, 3.63) is 59.9 Å². The highest BCUT2D eigenvalue weighted by atomic mass is 32.2. The zero-order valence-corrected chi connectivity index (χ0v) is 18.9. The summed E-state index contributed by atoms with van der Waals surface area (Å²) in [5.74, 6) is -0.452. The van der Waals surface area contributed by atoms with E-state index in [9.17, 15) is 22.0 Å². The summed E-state index contributed by atoms with van der Waals surface area (Å²) in [6, 6.07) is 11.9. The van der Waals surface area contributed by atoms with Gasteiger partial charge in [0.05, 0.1) is 18.8 Å². The van der Waals surface area contributed by atoms with E-state index < -0.39 is 52.3 Å². The van der Waals surface area contributed by atoms with Gasteiger partial charge in [0.1, 0.15) is 5.82 Å². The fourth-order valence-electron chi connectivity index (χ4n) is 4.73. The number of nitrogens with one attached hydrogen (secondary N) is 2. The first kappa shape index (κ1) is 23.6. The lowest BCUT2D eigenvalue weighted by Gasteiger charge is -2.29. The van der Waals surface area contributed by atoms with Crippen molar-refractivity contribution in [2.24, 2.45) is 5.41 Å². The molecular weight excluding hydrogens is 455 g/mol. The summed E-state index contributed by atoms with van der Waals surface area (Å²) in [6.45, 7) is -0.586. The molecule has 2 fully saturated rings. The average Bonchev–Trinajstić information content (AvgIpc) is 3.48. The first-order valence-corrected chi connectivity index (χ1v) is 12.6. The van der Waals surface area contributed by atoms with Gasteiger partial charge in [-0.15, -0.1) is 0 Å². The van der Waals surface area contributed by atoms with Crippen LogP contribution in [0.15, 0.2) is 48.5 Å². The molecule has 1 heterocycles. The van der Waals surface area contributed by atoms with Crippen LogP contribution in [0.3, 0.4) is 0 Å². The largest absolute Gasteiger partial charge is 0.332 e. The van der Waals surface area contributed by atoms with Crippen LogP contribution in [0.25, 0.3) is 11.1 Å². The van der Waals surface area contributed by atoms with E-state index in [4.69, 9.17) is 0 Å². The molecule has 2 amide bonds. The van der Waals surface area contributed by atoms with Gasteiger partial charge in [-0.1, -0.05) is 48.5 Å². The van der Waals surface area contributed by atoms with Crippen LogP contribution in [-0.4, -0.2) is 57.2 Å². The fourth-order valence-corrected chi connectivity index (χ4v) is 5.59. The lowest BCUT2D eigenvalue weighted by atomic mass is 9.91. The van der Waals surface area contributed by atoms with Gasteiger partial charge in [-0.2, -0.15) is 0 Å². The summed E-state index contributed by atoms with van der Waals surface area (Å²) in [6.07, 6.45) is -0.237. The minimum atomic E-state index is -3.62. The van der Waals surface area contributed by atoms with Crippen molar-refractivity contribution in [2.45, 2.75) is 37.8 Å². The maximum Gasteiger partial charge on any atom is 0.317 e. The molecule has 2 atom stereocenters. The van der Waals surface area contributed by atoms with Gasteiger partial charge >= 0.3 is 6.03 Å². The number of rotatable bonds is 7. The highest BCUT2D eigenvalue weighted by Gasteiger charge is 2.61. The highest BCUT2D eigenvalue weighted by Crippen LogP contribution is 2.55. The Labute approximate surface area is 191 Å². The third-order valence-electron chi connectivity index (χ3n) is 6.42. The van der Waals surface area contributed by atoms with Crippen LogP contribution in [0.2, 0.25) is 0 Å². The number of likely N-dealkylation sites (tertiary alicyclic amines) is 1. The van der Waals surface area contributed by atoms with Crippen LogP contribution in [0.4, 0.5) is 18.0 Å². The third-order valence-corrected chi connectivity index (χ3v) is 7.11. The minimum Gasteiger partial charge on any atom is -0.332 e. The number of amides is 2. The molecule has 2 aromatic carbocycles. The number of urea groups is 1. The number of carbonyl (C=O) groups excluding carboxylic acids is 1. The maximum absolute atomic E-state index is 15.5. The van der Waals surface area contributed by atoms with E-state index in [1.54, 1.807) is 42.5 Å². The molecule has 4 rings (SSSR count). The first-order valence-electron chi connectivity index (χ1n) is 10.7. The molecule has 1 saturated heterocycles. The Bertz CT molecular complexity index is 1120. The van der Waals surface area contributed by atoms with E-state index in [1.165, 1.54) is 4.90 Å². The molecule has 2 aromatic rings. The fraction of sp³-hybridized carbons (Fsp3) is 0.435. The number of sulfonamides is 1. The Balaban J connectivity index is 1.68. The Morgan fingerprint density at radius 2 is 1.85 bits per heavy atom. The van der Waals surface area contributed by atoms with Crippen molar-refractivity contribution in [3.8, 4) is 11.1 Å². The monoisotopic (exact) mass is 481 g/mol. The lowest BCUT2D eigenvalue weighted by Crippen LogP contribution is -2.51. The Morgan fingerprint density at radius 3 is 2.45 bits per heavy atom. The number of nitrogens with zero attached hydrogens (tertiary/aromatic N) is 1. The van der Waals surface area contributed by atoms with E-state index in [0.717, 1.165) is 6.26 Å². The van der Waals surface area contributed by atoms with Gasteiger partial charge in [0, 0.05) is 23.6 Å². The zero-order valence-electron chi connectivity index (χ0n) is 18.1. The molecule has 33 heavy (non-hydrogen) atoms. The number of benzene rings is 2. The molecule has 1 spiro atoms. The molecule has 0 unspecified atom stereocenters. The van der Waals surface area contributed by atoms with Gasteiger partial charge in [-0.05, 0) is 30.4 Å². The highest BCUT2D eigenvalue weighted by molar-refractivity contribution is 7.88. The first-order chi connectivity index (χ1) is 15.6. The molecule has 2 N–H and O–H groups in total. The van der Waals surface area contributed by atoms with Crippen LogP contribution in [-0.2, 0) is 16.4 Å². The summed E-state index contributed by atoms with van der Waals surface area (Å²) < 4.78 is 67.7. The maximum atomic E-state index is 15.5. The van der Waals surface area contributed by atoms with Crippen molar-refractivity contribution < 1.29 is 26.4 Å². The predicted octanol–water partition coefficient (Wildman–Crippen LogP) is 3.39. The Morgan fingerprint density at radius 1 is 1.15 bits per heavy atom. The van der Waals surface area contributed by atoms with E-state index in [-0.39, 0.29) is 13.0 Å². The van der Waals surface area contributed by atoms with Gasteiger partial charge in [-0.3, -0.25) is 0 Å². The van der Waals surface area contributed by atoms with E-state index in [2.05, 4.69) is 10.0 Å². The normalized spacial score (nSPS) is 21.5. The van der Waals surface area contributed by atoms with Gasteiger partial charge in [0.15, 0.2) is 0 Å². The standard InChI is InChI=1S/C23H26F3N3O3S/c1-33(31,32)28-21-18(29(14-23(21)10-11-23)22(30)27-13-19(24)25)12-16-8-5-9-17(20(16)26)15-6-3-2-4-7-15/h2-9,18-19,21,28H,10-14H2,1H3,(H,27,30)/t18-,21+/m0/s1. The lowest BCUT2D eigenvalue weighted by molar-refractivity contribution is 0.137. The van der Waals surface area contributed by atoms with Crippen LogP contribution >= 0.6 is 0 Å². The molecular formula is C23H26F3N3O3S. The van der Waals surface area contributed by atoms with Crippen molar-refractivity contribution in [2.75, 3.05) is 19.3 Å². The molecule has 1 aliphatic heterocycles. The van der Waals surface area contributed by atoms with Gasteiger partial charge in [-0.25, -0.2) is 31.1 Å². The molecule has 2 aliphatic rings. The Hall–Kier alpha value is -2.59. The van der Waals surface area contributed by atoms with Gasteiger partial charge in [0.2, 0.25) is 10.0 Å². The van der Waals surface area contributed by atoms with E-state index in [1.807, 2.05) is 6.07 Å². The molecule has 0 aromatic heterocycles. The van der Waals surface area contributed by atoms with Crippen molar-refractivity contribution in [3.63, 3.8) is 0 Å². The number of halogens is 3. The average molecular weight is 482 g/mol. The van der Waals surface area contributed by atoms with Crippen LogP contribution < -0.4 is 10.0 Å². The van der Waals surface area contributed by atoms with Crippen molar-refractivity contribution in [1.29, 1.82) is 0 Å². The smallest absolute Gasteiger partial charge is 0.317 e. The summed E-state index contributed by atoms with van der Waals surface area (Å²) in [5.41, 5.74) is 0.947. The Kier molecular flexibility index (Phi) is 6.41. The summed E-state index contributed by atoms with van der Waals surface area (Å²) in [7, 11) is -3.62. The van der Waals surface area contributed by atoms with Crippen LogP contribution in [0.1, 0.15) is 18.4 Å². The summed E-state index contributed by atoms with van der Waals surface area (Å²) in [4.78, 5) is 14.1. The van der Waals surface area contributed by atoms with Gasteiger partial charge in [0.25, 0.3) is 6.43 Å². The van der Waals surface area contributed by atoms with Crippen molar-refractivity contribution >= 4 is 16.1 Å². The van der Waals surface area contributed by atoms with Crippen LogP contribution in [0.5, 0.6) is 0 Å². The number of alkyl halides is 2. The van der Waals surface area contributed by atoms with Crippen molar-refractivity contribution in [1.82, 2.24) is 14.9 Å². The summed E-state index contributed by atoms with van der Waals surface area (Å²) in [5, 5.41) is 2.21. The molecule has 1 aliphatic carbocycles. The second-order valence-electron chi connectivity index (χ2n) is 8.85. The van der Waals surface area contributed by atoms with Crippen LogP contribution in [0, 0.1) is 11.2 Å². The van der Waals surface area contributed by atoms with E-state index >= 15 is 4.39 Å². The molecule has 10 heteroatoms. The second-order valence-corrected chi connectivity index (χ2v) is 10.6. The molecule has 6 nitrogen and oxygen atoms in total. The minimum absolute atomic E-state index is 0.0452. The number of carbonyl (C=O) groups is 1. The summed E-state index contributed by atoms with van der Waals surface area (Å²) >= 11 is 0. The second kappa shape index (κ2) is 8.98. The van der Waals surface area contributed by atoms with E-state index in [0.29, 0.717) is 29.5 Å². The molecule has 178 valence electrons. The molecule has 0 radical (unpaired) electrons. The predicted molar refractivity (Wildman–Crippen MR) is 119 cm³/mol. The molecule has 0 bridgehead atoms. The SMILES string of the molecule is CS(=O)(=O)N[C@@H]1[C@H](Cc2cccc(-c3ccccc3)c2F)N(C(=O)NCC(F)F)CC12CC2. The number of hydrogen-bond acceptors (Lipinski definition) is 3. The van der Waals surface area contributed by atoms with Gasteiger partial charge < -0.3 is 10.2 Å². The topological polar surface area (TPSA) is 78.5 Å². The zero-order chi connectivity index (χ0) is 23.8. The quantitative estimate of drug-likeness (QED) is 0.637. The molecule has 1 saturated carbocycles. The number of hydrogen-bond donors (Lipinski definition) is 2. The third kappa shape index (κ3) is 5.16.